The molecule has 0 aliphatic rings. The number of nitrogens with one attached hydrogen (secondary N) is 1. The van der Waals surface area contributed by atoms with Crippen LogP contribution in [-0.4, -0.2) is 33.6 Å². The highest BCUT2D eigenvalue weighted by Gasteiger charge is 2.33. The molecule has 2 unspecified atom stereocenters. The number of aromatic nitrogens is 2. The Labute approximate surface area is 117 Å². The Hall–Kier alpha value is -1.08. The fourth-order valence-electron chi connectivity index (χ4n) is 2.09. The SMILES string of the molecule is CCCNC(C)(CO)CC(C)n1cc(C(F)(F)F)cn1. The van der Waals surface area contributed by atoms with Crippen LogP contribution in [0.5, 0.6) is 0 Å². The minimum Gasteiger partial charge on any atom is -0.394 e. The van der Waals surface area contributed by atoms with Crippen molar-refractivity contribution in [1.82, 2.24) is 15.1 Å². The van der Waals surface area contributed by atoms with Crippen molar-refractivity contribution in [3.8, 4) is 0 Å². The predicted molar refractivity (Wildman–Crippen MR) is 70.3 cm³/mol. The Kier molecular flexibility index (Phi) is 5.59. The lowest BCUT2D eigenvalue weighted by molar-refractivity contribution is -0.137. The minimum absolute atomic E-state index is 0.0786. The summed E-state index contributed by atoms with van der Waals surface area (Å²) in [4.78, 5) is 0. The Morgan fingerprint density at radius 1 is 1.45 bits per heavy atom. The lowest BCUT2D eigenvalue weighted by Crippen LogP contribution is -2.47. The van der Waals surface area contributed by atoms with Crippen LogP contribution < -0.4 is 5.32 Å². The van der Waals surface area contributed by atoms with Crippen molar-refractivity contribution in [3.05, 3.63) is 18.0 Å². The quantitative estimate of drug-likeness (QED) is 0.812. The first-order chi connectivity index (χ1) is 9.22. The van der Waals surface area contributed by atoms with Crippen LogP contribution in [0.4, 0.5) is 13.2 Å². The zero-order chi connectivity index (χ0) is 15.4. The van der Waals surface area contributed by atoms with E-state index in [0.29, 0.717) is 6.42 Å². The highest BCUT2D eigenvalue weighted by atomic mass is 19.4. The van der Waals surface area contributed by atoms with Crippen LogP contribution in [-0.2, 0) is 6.18 Å². The van der Waals surface area contributed by atoms with Crippen molar-refractivity contribution in [2.45, 2.75) is 51.4 Å². The van der Waals surface area contributed by atoms with Gasteiger partial charge in [0.05, 0.1) is 24.4 Å². The molecule has 0 aromatic carbocycles. The Morgan fingerprint density at radius 2 is 2.10 bits per heavy atom. The summed E-state index contributed by atoms with van der Waals surface area (Å²) in [5, 5.41) is 16.5. The molecule has 0 radical (unpaired) electrons. The van der Waals surface area contributed by atoms with E-state index in [2.05, 4.69) is 10.4 Å². The number of hydrogen-bond donors (Lipinski definition) is 2. The highest BCUT2D eigenvalue weighted by molar-refractivity contribution is 5.09. The minimum atomic E-state index is -4.38. The molecular formula is C13H22F3N3O. The third kappa shape index (κ3) is 4.49. The molecule has 2 N–H and O–H groups in total. The molecule has 2 atom stereocenters. The third-order valence-electron chi connectivity index (χ3n) is 3.28. The van der Waals surface area contributed by atoms with Gasteiger partial charge in [-0.3, -0.25) is 4.68 Å². The Bertz CT molecular complexity index is 419. The molecule has 0 aliphatic carbocycles. The summed E-state index contributed by atoms with van der Waals surface area (Å²) in [5.74, 6) is 0. The standard InChI is InChI=1S/C13H22F3N3O/c1-4-5-17-12(3,9-20)6-10(2)19-8-11(7-18-19)13(14,15)16/h7-8,10,17,20H,4-6,9H2,1-3H3. The number of hydrogen-bond acceptors (Lipinski definition) is 3. The topological polar surface area (TPSA) is 50.1 Å². The largest absolute Gasteiger partial charge is 0.419 e. The van der Waals surface area contributed by atoms with E-state index in [-0.39, 0.29) is 12.6 Å². The number of aliphatic hydroxyl groups is 1. The van der Waals surface area contributed by atoms with Crippen LogP contribution in [0.2, 0.25) is 0 Å². The van der Waals surface area contributed by atoms with Gasteiger partial charge in [0.1, 0.15) is 0 Å². The van der Waals surface area contributed by atoms with Gasteiger partial charge in [-0.1, -0.05) is 6.92 Å². The van der Waals surface area contributed by atoms with E-state index in [0.717, 1.165) is 25.4 Å². The van der Waals surface area contributed by atoms with Gasteiger partial charge in [0.2, 0.25) is 0 Å². The van der Waals surface area contributed by atoms with Crippen LogP contribution in [0.15, 0.2) is 12.4 Å². The van der Waals surface area contributed by atoms with E-state index < -0.39 is 17.3 Å². The monoisotopic (exact) mass is 293 g/mol. The summed E-state index contributed by atoms with van der Waals surface area (Å²) in [6.45, 7) is 6.32. The van der Waals surface area contributed by atoms with Gasteiger partial charge in [-0.05, 0) is 33.2 Å². The highest BCUT2D eigenvalue weighted by Crippen LogP contribution is 2.30. The summed E-state index contributed by atoms with van der Waals surface area (Å²) in [5.41, 5.74) is -1.28. The van der Waals surface area contributed by atoms with Crippen molar-refractivity contribution < 1.29 is 18.3 Å². The summed E-state index contributed by atoms with van der Waals surface area (Å²) >= 11 is 0. The van der Waals surface area contributed by atoms with Gasteiger partial charge < -0.3 is 10.4 Å². The maximum atomic E-state index is 12.5. The van der Waals surface area contributed by atoms with E-state index in [1.807, 2.05) is 13.8 Å². The van der Waals surface area contributed by atoms with Gasteiger partial charge in [0.15, 0.2) is 0 Å². The number of aliphatic hydroxyl groups excluding tert-OH is 1. The molecule has 1 aromatic heterocycles. The zero-order valence-corrected chi connectivity index (χ0v) is 12.0. The van der Waals surface area contributed by atoms with E-state index in [4.69, 9.17) is 0 Å². The van der Waals surface area contributed by atoms with E-state index in [9.17, 15) is 18.3 Å². The first-order valence-corrected chi connectivity index (χ1v) is 6.69. The molecule has 1 heterocycles. The second kappa shape index (κ2) is 6.58. The van der Waals surface area contributed by atoms with Gasteiger partial charge in [-0.15, -0.1) is 0 Å². The summed E-state index contributed by atoms with van der Waals surface area (Å²) in [6, 6.07) is -0.243. The van der Waals surface area contributed by atoms with Crippen molar-refractivity contribution in [2.75, 3.05) is 13.2 Å². The zero-order valence-electron chi connectivity index (χ0n) is 12.0. The number of nitrogens with zero attached hydrogens (tertiary/aromatic N) is 2. The molecule has 0 aliphatic heterocycles. The van der Waals surface area contributed by atoms with Crippen LogP contribution in [0.1, 0.15) is 45.2 Å². The summed E-state index contributed by atoms with van der Waals surface area (Å²) in [7, 11) is 0. The number of rotatable bonds is 7. The molecule has 20 heavy (non-hydrogen) atoms. The summed E-state index contributed by atoms with van der Waals surface area (Å²) in [6.07, 6.45) is -1.14. The average Bonchev–Trinajstić information content (AvgIpc) is 2.86. The van der Waals surface area contributed by atoms with Gasteiger partial charge in [-0.2, -0.15) is 18.3 Å². The third-order valence-corrected chi connectivity index (χ3v) is 3.28. The van der Waals surface area contributed by atoms with Crippen LogP contribution >= 0.6 is 0 Å². The van der Waals surface area contributed by atoms with Gasteiger partial charge >= 0.3 is 6.18 Å². The lowest BCUT2D eigenvalue weighted by atomic mass is 9.94. The van der Waals surface area contributed by atoms with Crippen LogP contribution in [0.25, 0.3) is 0 Å². The second-order valence-corrected chi connectivity index (χ2v) is 5.41. The molecule has 1 aromatic rings. The first kappa shape index (κ1) is 17.0. The smallest absolute Gasteiger partial charge is 0.394 e. The molecule has 0 amide bonds. The summed E-state index contributed by atoms with van der Waals surface area (Å²) < 4.78 is 38.9. The van der Waals surface area contributed by atoms with Crippen molar-refractivity contribution in [1.29, 1.82) is 0 Å². The lowest BCUT2D eigenvalue weighted by Gasteiger charge is -2.31. The van der Waals surface area contributed by atoms with Crippen LogP contribution in [0.3, 0.4) is 0 Å². The molecular weight excluding hydrogens is 271 g/mol. The Morgan fingerprint density at radius 3 is 2.55 bits per heavy atom. The van der Waals surface area contributed by atoms with Crippen molar-refractivity contribution in [3.63, 3.8) is 0 Å². The predicted octanol–water partition coefficient (Wildman–Crippen LogP) is 2.60. The first-order valence-electron chi connectivity index (χ1n) is 6.69. The molecule has 116 valence electrons. The fraction of sp³-hybridized carbons (Fsp3) is 0.769. The van der Waals surface area contributed by atoms with Gasteiger partial charge in [0.25, 0.3) is 0 Å². The maximum absolute atomic E-state index is 12.5. The van der Waals surface area contributed by atoms with Crippen molar-refractivity contribution >= 4 is 0 Å². The fourth-order valence-corrected chi connectivity index (χ4v) is 2.09. The van der Waals surface area contributed by atoms with Crippen molar-refractivity contribution in [2.24, 2.45) is 0 Å². The van der Waals surface area contributed by atoms with E-state index >= 15 is 0 Å². The normalized spacial score (nSPS) is 16.9. The molecule has 0 bridgehead atoms. The molecule has 0 fully saturated rings. The molecule has 1 rings (SSSR count). The number of halogens is 3. The molecule has 7 heteroatoms. The second-order valence-electron chi connectivity index (χ2n) is 5.41. The average molecular weight is 293 g/mol. The maximum Gasteiger partial charge on any atom is 0.419 e. The Balaban J connectivity index is 2.74. The van der Waals surface area contributed by atoms with Crippen LogP contribution in [0, 0.1) is 0 Å². The van der Waals surface area contributed by atoms with Gasteiger partial charge in [-0.25, -0.2) is 0 Å². The molecule has 4 nitrogen and oxygen atoms in total. The van der Waals surface area contributed by atoms with E-state index in [1.165, 1.54) is 4.68 Å². The van der Waals surface area contributed by atoms with Gasteiger partial charge in [0, 0.05) is 11.7 Å². The molecule has 0 saturated carbocycles. The molecule has 0 spiro atoms. The molecule has 0 saturated heterocycles. The number of alkyl halides is 3. The van der Waals surface area contributed by atoms with E-state index in [1.54, 1.807) is 6.92 Å².